The molecule has 8 bridgehead atoms. The third-order valence-corrected chi connectivity index (χ3v) is 22.0. The first-order chi connectivity index (χ1) is 29.7. The van der Waals surface area contributed by atoms with Gasteiger partial charge in [-0.25, -0.2) is 0 Å². The first-order valence-corrected chi connectivity index (χ1v) is 29.7. The van der Waals surface area contributed by atoms with Crippen molar-refractivity contribution < 1.29 is 0 Å². The SMILES string of the molecule is C1CC2CC(C1)C2.C1CC2CCC(C1)C2.C1CC2CCC1C2.C1CC2CCC2C1.C1CC2CCCC2C1.C1CCC2CC(C1)C2.C1CCC2CC2C1.C1CCC2CCC2C1. The molecule has 18 rings (SSSR count). The fourth-order valence-electron chi connectivity index (χ4n) is 17.4. The van der Waals surface area contributed by atoms with Crippen molar-refractivity contribution in [3.05, 3.63) is 0 Å². The molecular formula is C60H104. The lowest BCUT2D eigenvalue weighted by Gasteiger charge is -2.40. The highest BCUT2D eigenvalue weighted by atomic mass is 14.4. The van der Waals surface area contributed by atoms with Gasteiger partial charge in [-0.1, -0.05) is 212 Å². The maximum atomic E-state index is 1.58. The molecule has 344 valence electrons. The predicted octanol–water partition coefficient (Wildman–Crippen LogP) is 19.1. The zero-order valence-corrected chi connectivity index (χ0v) is 40.4. The fraction of sp³-hybridized carbons (Fsp3) is 1.00. The van der Waals surface area contributed by atoms with Crippen molar-refractivity contribution >= 4 is 0 Å². The van der Waals surface area contributed by atoms with Crippen LogP contribution in [-0.4, -0.2) is 0 Å². The highest BCUT2D eigenvalue weighted by Crippen LogP contribution is 2.50. The minimum atomic E-state index is 1.16. The van der Waals surface area contributed by atoms with Crippen LogP contribution in [0.2, 0.25) is 0 Å². The topological polar surface area (TPSA) is 0 Å². The van der Waals surface area contributed by atoms with Gasteiger partial charge in [0, 0.05) is 0 Å². The molecule has 0 spiro atoms. The quantitative estimate of drug-likeness (QED) is 0.228. The van der Waals surface area contributed by atoms with Crippen LogP contribution in [0.1, 0.15) is 283 Å². The molecule has 0 heterocycles. The minimum Gasteiger partial charge on any atom is -0.0530 e. The Balaban J connectivity index is 0.0000000881. The lowest BCUT2D eigenvalue weighted by molar-refractivity contribution is 0.115. The Morgan fingerprint density at radius 1 is 0.117 bits per heavy atom. The molecule has 0 nitrogen and oxygen atoms in total. The zero-order valence-electron chi connectivity index (χ0n) is 40.4. The standard InChI is InChI=1S/4C8H14.4C7H12/c1-3-7-5-2-6-8(7)4-1;1-2-7-4-5-8(3-1)6-7;1-2-4-8-5-7(3-1)6-8;1-2-4-8-6-5-7(8)3-1;1-2-7-4-3-6(1)5-7;1-2-6-4-7(3-1)5-6;1-2-6-4-5-7(6)3-1;1-2-4-7-5-6(7)3-1/h4*7-8H,1-6H2;4*6-7H,1-5H2. The van der Waals surface area contributed by atoms with Crippen LogP contribution in [0.25, 0.3) is 0 Å². The van der Waals surface area contributed by atoms with E-state index in [0.717, 1.165) is 11.8 Å². The summed E-state index contributed by atoms with van der Waals surface area (Å²) < 4.78 is 0. The monoisotopic (exact) mass is 825 g/mol. The van der Waals surface area contributed by atoms with E-state index >= 15 is 0 Å². The summed E-state index contributed by atoms with van der Waals surface area (Å²) in [6.07, 6.45) is 68.5. The summed E-state index contributed by atoms with van der Waals surface area (Å²) in [5, 5.41) is 0. The van der Waals surface area contributed by atoms with E-state index in [2.05, 4.69) is 0 Å². The molecule has 0 N–H and O–H groups in total. The molecule has 0 saturated heterocycles. The summed E-state index contributed by atoms with van der Waals surface area (Å²) in [7, 11) is 0. The lowest BCUT2D eigenvalue weighted by atomic mass is 9.65. The molecule has 0 aromatic rings. The maximum absolute atomic E-state index is 1.58. The van der Waals surface area contributed by atoms with Gasteiger partial charge in [0.15, 0.2) is 0 Å². The Kier molecular flexibility index (Phi) is 17.7. The van der Waals surface area contributed by atoms with Crippen LogP contribution >= 0.6 is 0 Å². The summed E-state index contributed by atoms with van der Waals surface area (Å²) in [5.74, 6) is 18.9. The van der Waals surface area contributed by atoms with Crippen molar-refractivity contribution in [2.75, 3.05) is 0 Å². The molecule has 18 aliphatic carbocycles. The third kappa shape index (κ3) is 13.5. The Hall–Kier alpha value is 0. The zero-order chi connectivity index (χ0) is 40.4. The van der Waals surface area contributed by atoms with Gasteiger partial charge in [-0.15, -0.1) is 0 Å². The van der Waals surface area contributed by atoms with E-state index in [4.69, 9.17) is 0 Å². The Bertz CT molecular complexity index is 1070. The summed E-state index contributed by atoms with van der Waals surface area (Å²) in [5.41, 5.74) is 0. The molecule has 0 radical (unpaired) electrons. The van der Waals surface area contributed by atoms with Crippen LogP contribution in [0.5, 0.6) is 0 Å². The van der Waals surface area contributed by atoms with Crippen molar-refractivity contribution in [1.82, 2.24) is 0 Å². The number of fused-ring (bicyclic) bond motifs is 13. The minimum absolute atomic E-state index is 1.16. The Morgan fingerprint density at radius 3 is 0.583 bits per heavy atom. The van der Waals surface area contributed by atoms with Gasteiger partial charge in [-0.05, 0) is 165 Å². The van der Waals surface area contributed by atoms with Crippen molar-refractivity contribution in [3.8, 4) is 0 Å². The molecule has 18 fully saturated rings. The van der Waals surface area contributed by atoms with Crippen molar-refractivity contribution in [3.63, 3.8) is 0 Å². The second kappa shape index (κ2) is 23.4. The van der Waals surface area contributed by atoms with Gasteiger partial charge in [-0.3, -0.25) is 0 Å². The molecule has 0 aromatic carbocycles. The Labute approximate surface area is 375 Å². The van der Waals surface area contributed by atoms with Gasteiger partial charge in [0.1, 0.15) is 0 Å². The normalized spacial score (nSPS) is 46.4. The average molecular weight is 825 g/mol. The third-order valence-electron chi connectivity index (χ3n) is 22.0. The molecule has 0 heteroatoms. The van der Waals surface area contributed by atoms with E-state index in [-0.39, 0.29) is 0 Å². The van der Waals surface area contributed by atoms with Crippen molar-refractivity contribution in [1.29, 1.82) is 0 Å². The summed E-state index contributed by atoms with van der Waals surface area (Å²) in [4.78, 5) is 0. The molecular weight excluding hydrogens is 721 g/mol. The molecule has 0 aliphatic heterocycles. The van der Waals surface area contributed by atoms with Gasteiger partial charge in [0.25, 0.3) is 0 Å². The van der Waals surface area contributed by atoms with Gasteiger partial charge in [-0.2, -0.15) is 0 Å². The predicted molar refractivity (Wildman–Crippen MR) is 259 cm³/mol. The van der Waals surface area contributed by atoms with E-state index in [1.807, 2.05) is 0 Å². The van der Waals surface area contributed by atoms with Gasteiger partial charge < -0.3 is 0 Å². The molecule has 8 unspecified atom stereocenters. The smallest absolute Gasteiger partial charge is 0.0383 e. The van der Waals surface area contributed by atoms with Crippen LogP contribution < -0.4 is 0 Å². The summed E-state index contributed by atoms with van der Waals surface area (Å²) >= 11 is 0. The number of hydrogen-bond donors (Lipinski definition) is 0. The van der Waals surface area contributed by atoms with Crippen molar-refractivity contribution in [2.24, 2.45) is 94.7 Å². The number of rotatable bonds is 0. The van der Waals surface area contributed by atoms with Crippen LogP contribution in [-0.2, 0) is 0 Å². The largest absolute Gasteiger partial charge is 0.0530 e. The van der Waals surface area contributed by atoms with Gasteiger partial charge >= 0.3 is 0 Å². The highest BCUT2D eigenvalue weighted by Gasteiger charge is 2.38. The first kappa shape index (κ1) is 45.2. The Morgan fingerprint density at radius 2 is 0.317 bits per heavy atom. The lowest BCUT2D eigenvalue weighted by Crippen LogP contribution is -2.28. The van der Waals surface area contributed by atoms with Crippen LogP contribution in [0.4, 0.5) is 0 Å². The molecule has 8 atom stereocenters. The molecule has 18 saturated carbocycles. The van der Waals surface area contributed by atoms with Crippen LogP contribution in [0.15, 0.2) is 0 Å². The van der Waals surface area contributed by atoms with Crippen LogP contribution in [0, 0.1) is 94.7 Å². The van der Waals surface area contributed by atoms with E-state index in [9.17, 15) is 0 Å². The first-order valence-electron chi connectivity index (χ1n) is 29.7. The second-order valence-corrected chi connectivity index (χ2v) is 26.1. The molecule has 0 aromatic heterocycles. The van der Waals surface area contributed by atoms with Crippen LogP contribution in [0.3, 0.4) is 0 Å². The van der Waals surface area contributed by atoms with E-state index in [0.29, 0.717) is 0 Å². The van der Waals surface area contributed by atoms with E-state index < -0.39 is 0 Å². The van der Waals surface area contributed by atoms with E-state index in [1.54, 1.807) is 212 Å². The second-order valence-electron chi connectivity index (χ2n) is 26.1. The van der Waals surface area contributed by atoms with E-state index in [1.165, 1.54) is 153 Å². The maximum Gasteiger partial charge on any atom is -0.0383 e. The fourth-order valence-corrected chi connectivity index (χ4v) is 17.4. The molecule has 60 heavy (non-hydrogen) atoms. The van der Waals surface area contributed by atoms with Gasteiger partial charge in [0.05, 0.1) is 0 Å². The number of hydrogen-bond acceptors (Lipinski definition) is 0. The van der Waals surface area contributed by atoms with Crippen molar-refractivity contribution in [2.45, 2.75) is 283 Å². The average Bonchev–Trinajstić information content (AvgIpc) is 3.80. The summed E-state index contributed by atoms with van der Waals surface area (Å²) in [6, 6.07) is 0. The highest BCUT2D eigenvalue weighted by molar-refractivity contribution is 4.90. The molecule has 18 aliphatic rings. The van der Waals surface area contributed by atoms with Gasteiger partial charge in [0.2, 0.25) is 0 Å². The summed E-state index contributed by atoms with van der Waals surface area (Å²) in [6.45, 7) is 0. The molecule has 0 amide bonds.